The van der Waals surface area contributed by atoms with Gasteiger partial charge in [0.15, 0.2) is 0 Å². The number of benzene rings is 2. The molecule has 23 heavy (non-hydrogen) atoms. The average Bonchev–Trinajstić information content (AvgIpc) is 2.55. The lowest BCUT2D eigenvalue weighted by molar-refractivity contribution is -0.837. The Morgan fingerprint density at radius 2 is 1.74 bits per heavy atom. The number of amides is 1. The molecular formula is C18H20Cl2N2O. The molecule has 0 saturated carbocycles. The van der Waals surface area contributed by atoms with E-state index in [0.29, 0.717) is 0 Å². The van der Waals surface area contributed by atoms with Crippen LogP contribution in [0.25, 0.3) is 0 Å². The maximum absolute atomic E-state index is 12.5. The van der Waals surface area contributed by atoms with E-state index in [4.69, 9.17) is 11.6 Å². The number of aryl methyl sites for hydroxylation is 1. The number of carbonyl (C=O) groups is 1. The third-order valence-electron chi connectivity index (χ3n) is 4.19. The zero-order valence-electron chi connectivity index (χ0n) is 13.1. The van der Waals surface area contributed by atoms with Crippen molar-refractivity contribution in [2.45, 2.75) is 6.92 Å². The molecule has 1 fully saturated rings. The highest BCUT2D eigenvalue weighted by molar-refractivity contribution is 6.30. The van der Waals surface area contributed by atoms with E-state index in [0.717, 1.165) is 36.8 Å². The lowest BCUT2D eigenvalue weighted by Crippen LogP contribution is -3.10. The first-order chi connectivity index (χ1) is 10.6. The maximum atomic E-state index is 12.5. The van der Waals surface area contributed by atoms with Gasteiger partial charge in [0.25, 0.3) is 5.91 Å². The van der Waals surface area contributed by atoms with Crippen LogP contribution in [-0.4, -0.2) is 37.0 Å². The van der Waals surface area contributed by atoms with Crippen molar-refractivity contribution in [3.05, 3.63) is 64.7 Å². The van der Waals surface area contributed by atoms with Gasteiger partial charge >= 0.3 is 0 Å². The van der Waals surface area contributed by atoms with Crippen LogP contribution < -0.4 is 17.3 Å². The van der Waals surface area contributed by atoms with Gasteiger partial charge in [-0.3, -0.25) is 9.69 Å². The molecule has 0 bridgehead atoms. The highest BCUT2D eigenvalue weighted by atomic mass is 35.5. The van der Waals surface area contributed by atoms with Gasteiger partial charge in [0.1, 0.15) is 5.69 Å². The number of nitrogens with zero attached hydrogens (tertiary/aromatic N) is 1. The summed E-state index contributed by atoms with van der Waals surface area (Å²) in [6.45, 7) is 5.40. The molecule has 0 spiro atoms. The molecule has 1 aliphatic heterocycles. The van der Waals surface area contributed by atoms with Gasteiger partial charge in [0.2, 0.25) is 0 Å². The van der Waals surface area contributed by atoms with Crippen LogP contribution in [0.4, 0.5) is 5.69 Å². The van der Waals surface area contributed by atoms with Crippen LogP contribution in [0.15, 0.2) is 48.5 Å². The predicted octanol–water partition coefficient (Wildman–Crippen LogP) is -0.675. The fourth-order valence-corrected chi connectivity index (χ4v) is 3.05. The molecule has 0 aliphatic carbocycles. The van der Waals surface area contributed by atoms with Gasteiger partial charge < -0.3 is 17.3 Å². The van der Waals surface area contributed by atoms with E-state index in [2.05, 4.69) is 6.07 Å². The van der Waals surface area contributed by atoms with Crippen LogP contribution in [-0.2, 0) is 0 Å². The summed E-state index contributed by atoms with van der Waals surface area (Å²) in [5.41, 5.74) is 3.15. The highest BCUT2D eigenvalue weighted by Crippen LogP contribution is 2.12. The molecule has 5 heteroatoms. The molecule has 122 valence electrons. The van der Waals surface area contributed by atoms with Crippen molar-refractivity contribution in [3.8, 4) is 0 Å². The molecule has 1 N–H and O–H groups in total. The number of carbonyl (C=O) groups excluding carboxylic acids is 1. The number of nitrogens with one attached hydrogen (secondary N) is 1. The zero-order chi connectivity index (χ0) is 15.5. The van der Waals surface area contributed by atoms with Crippen molar-refractivity contribution in [3.63, 3.8) is 0 Å². The first-order valence-electron chi connectivity index (χ1n) is 7.60. The smallest absolute Gasteiger partial charge is 0.254 e. The van der Waals surface area contributed by atoms with Crippen LogP contribution in [0.5, 0.6) is 0 Å². The number of hydrogen-bond acceptors (Lipinski definition) is 1. The minimum atomic E-state index is 0. The first-order valence-corrected chi connectivity index (χ1v) is 7.98. The number of quaternary nitrogens is 1. The van der Waals surface area contributed by atoms with E-state index in [9.17, 15) is 4.79 Å². The summed E-state index contributed by atoms with van der Waals surface area (Å²) in [7, 11) is 0. The monoisotopic (exact) mass is 350 g/mol. The van der Waals surface area contributed by atoms with Gasteiger partial charge in [0.05, 0.1) is 26.2 Å². The Kier molecular flexibility index (Phi) is 6.05. The Balaban J connectivity index is 0.00000192. The first kappa shape index (κ1) is 17.8. The number of piperazine rings is 1. The highest BCUT2D eigenvalue weighted by Gasteiger charge is 2.25. The molecule has 1 saturated heterocycles. The Morgan fingerprint density at radius 1 is 1.09 bits per heavy atom. The van der Waals surface area contributed by atoms with Crippen LogP contribution in [0, 0.1) is 6.92 Å². The number of rotatable bonds is 2. The molecule has 1 aliphatic rings. The van der Waals surface area contributed by atoms with Crippen LogP contribution in [0.1, 0.15) is 15.9 Å². The van der Waals surface area contributed by atoms with Gasteiger partial charge in [-0.05, 0) is 31.2 Å². The van der Waals surface area contributed by atoms with Crippen LogP contribution in [0.3, 0.4) is 0 Å². The third kappa shape index (κ3) is 4.25. The summed E-state index contributed by atoms with van der Waals surface area (Å²) in [6.07, 6.45) is 0. The number of halogens is 2. The van der Waals surface area contributed by atoms with E-state index in [1.165, 1.54) is 16.2 Å². The summed E-state index contributed by atoms with van der Waals surface area (Å²) >= 11 is 6.06. The largest absolute Gasteiger partial charge is 1.00 e. The standard InChI is InChI=1S/C18H19ClN2O.ClH/c1-14-5-7-15(8-6-14)18(22)21-11-9-20(10-12-21)17-4-2-3-16(19)13-17;/h2-8,13H,9-12H2,1H3;1H. The summed E-state index contributed by atoms with van der Waals surface area (Å²) in [6, 6.07) is 15.8. The Hall–Kier alpha value is -1.55. The fraction of sp³-hybridized carbons (Fsp3) is 0.278. The minimum Gasteiger partial charge on any atom is -1.00 e. The van der Waals surface area contributed by atoms with Crippen molar-refractivity contribution < 1.29 is 22.1 Å². The van der Waals surface area contributed by atoms with Gasteiger partial charge in [-0.1, -0.05) is 35.4 Å². The minimum absolute atomic E-state index is 0. The Labute approximate surface area is 148 Å². The van der Waals surface area contributed by atoms with E-state index >= 15 is 0 Å². The predicted molar refractivity (Wildman–Crippen MR) is 88.9 cm³/mol. The second-order valence-corrected chi connectivity index (χ2v) is 6.21. The van der Waals surface area contributed by atoms with E-state index in [-0.39, 0.29) is 18.3 Å². The number of hydrogen-bond donors (Lipinski definition) is 1. The molecule has 1 amide bonds. The van der Waals surface area contributed by atoms with Gasteiger partial charge in [-0.15, -0.1) is 0 Å². The van der Waals surface area contributed by atoms with Crippen molar-refractivity contribution >= 4 is 23.2 Å². The molecular weight excluding hydrogens is 331 g/mol. The quantitative estimate of drug-likeness (QED) is 0.763. The van der Waals surface area contributed by atoms with Gasteiger partial charge in [-0.2, -0.15) is 0 Å². The fourth-order valence-electron chi connectivity index (χ4n) is 2.86. The van der Waals surface area contributed by atoms with Crippen LogP contribution >= 0.6 is 11.6 Å². The molecule has 3 nitrogen and oxygen atoms in total. The molecule has 0 atom stereocenters. The Morgan fingerprint density at radius 3 is 2.35 bits per heavy atom. The van der Waals surface area contributed by atoms with Gasteiger partial charge in [0, 0.05) is 16.7 Å². The molecule has 1 heterocycles. The second-order valence-electron chi connectivity index (χ2n) is 5.77. The van der Waals surface area contributed by atoms with Crippen molar-refractivity contribution in [2.75, 3.05) is 26.2 Å². The molecule has 2 aromatic carbocycles. The van der Waals surface area contributed by atoms with Gasteiger partial charge in [-0.25, -0.2) is 0 Å². The van der Waals surface area contributed by atoms with E-state index in [1.807, 2.05) is 54.3 Å². The lowest BCUT2D eigenvalue weighted by Gasteiger charge is -2.32. The molecule has 0 radical (unpaired) electrons. The molecule has 0 aromatic heterocycles. The van der Waals surface area contributed by atoms with Crippen molar-refractivity contribution in [2.24, 2.45) is 0 Å². The SMILES string of the molecule is Cc1ccc(C(=O)N2CC[NH+](c3cccc(Cl)c3)CC2)cc1.[Cl-]. The molecule has 3 rings (SSSR count). The molecule has 0 unspecified atom stereocenters. The van der Waals surface area contributed by atoms with Crippen molar-refractivity contribution in [1.82, 2.24) is 4.90 Å². The maximum Gasteiger partial charge on any atom is 0.254 e. The Bertz CT molecular complexity index is 665. The summed E-state index contributed by atoms with van der Waals surface area (Å²) < 4.78 is 0. The third-order valence-corrected chi connectivity index (χ3v) is 4.42. The topological polar surface area (TPSA) is 24.8 Å². The van der Waals surface area contributed by atoms with Crippen LogP contribution in [0.2, 0.25) is 5.02 Å². The normalized spacial score (nSPS) is 15.1. The summed E-state index contributed by atoms with van der Waals surface area (Å²) in [4.78, 5) is 15.8. The average molecular weight is 351 g/mol. The van der Waals surface area contributed by atoms with Crippen molar-refractivity contribution in [1.29, 1.82) is 0 Å². The summed E-state index contributed by atoms with van der Waals surface area (Å²) in [5, 5.41) is 0.767. The van der Waals surface area contributed by atoms with E-state index in [1.54, 1.807) is 0 Å². The van der Waals surface area contributed by atoms with E-state index < -0.39 is 0 Å². The zero-order valence-corrected chi connectivity index (χ0v) is 14.6. The molecule has 2 aromatic rings. The lowest BCUT2D eigenvalue weighted by atomic mass is 10.1. The summed E-state index contributed by atoms with van der Waals surface area (Å²) in [5.74, 6) is 0.130. The second kappa shape index (κ2) is 7.82.